The summed E-state index contributed by atoms with van der Waals surface area (Å²) in [7, 11) is 1.38. The molecular formula is C23H24N4O3. The first-order valence-electron chi connectivity index (χ1n) is 9.99. The summed E-state index contributed by atoms with van der Waals surface area (Å²) in [6, 6.07) is 19.5. The highest BCUT2D eigenvalue weighted by molar-refractivity contribution is 5.95. The van der Waals surface area contributed by atoms with Crippen molar-refractivity contribution >= 4 is 12.0 Å². The number of methoxy groups -OCH3 is 1. The third kappa shape index (κ3) is 4.05. The molecule has 2 amide bonds. The molecule has 1 aliphatic rings. The fourth-order valence-corrected chi connectivity index (χ4v) is 3.72. The van der Waals surface area contributed by atoms with Gasteiger partial charge in [-0.05, 0) is 30.7 Å². The topological polar surface area (TPSA) is 67.7 Å². The fraction of sp³-hybridized carbons (Fsp3) is 0.261. The minimum atomic E-state index is -0.349. The maximum absolute atomic E-state index is 13.1. The number of hydrogen-bond acceptors (Lipinski definition) is 4. The van der Waals surface area contributed by atoms with Gasteiger partial charge in [-0.2, -0.15) is 5.10 Å². The minimum Gasteiger partial charge on any atom is -0.453 e. The maximum Gasteiger partial charge on any atom is 0.409 e. The average Bonchev–Trinajstić information content (AvgIpc) is 3.16. The van der Waals surface area contributed by atoms with E-state index in [1.54, 1.807) is 16.0 Å². The summed E-state index contributed by atoms with van der Waals surface area (Å²) in [5, 5.41) is 4.46. The molecule has 0 spiro atoms. The van der Waals surface area contributed by atoms with Crippen LogP contribution >= 0.6 is 0 Å². The van der Waals surface area contributed by atoms with Gasteiger partial charge < -0.3 is 14.5 Å². The number of ether oxygens (including phenoxy) is 1. The zero-order chi connectivity index (χ0) is 20.9. The number of rotatable bonds is 3. The Labute approximate surface area is 175 Å². The second-order valence-corrected chi connectivity index (χ2v) is 7.15. The van der Waals surface area contributed by atoms with Crippen LogP contribution in [0.5, 0.6) is 0 Å². The lowest BCUT2D eigenvalue weighted by atomic mass is 10.1. The fourth-order valence-electron chi connectivity index (χ4n) is 3.72. The van der Waals surface area contributed by atoms with Crippen LogP contribution in [0, 0.1) is 0 Å². The second-order valence-electron chi connectivity index (χ2n) is 7.15. The molecule has 0 aliphatic carbocycles. The van der Waals surface area contributed by atoms with Crippen molar-refractivity contribution in [3.05, 3.63) is 72.4 Å². The highest BCUT2D eigenvalue weighted by atomic mass is 16.5. The molecule has 3 aromatic rings. The molecule has 2 aromatic carbocycles. The van der Waals surface area contributed by atoms with Crippen molar-refractivity contribution in [3.63, 3.8) is 0 Å². The highest BCUT2D eigenvalue weighted by Gasteiger charge is 2.23. The monoisotopic (exact) mass is 404 g/mol. The number of carbonyl (C=O) groups is 2. The Hall–Kier alpha value is -3.61. The first kappa shape index (κ1) is 19.7. The van der Waals surface area contributed by atoms with Crippen molar-refractivity contribution in [3.8, 4) is 16.9 Å². The van der Waals surface area contributed by atoms with Gasteiger partial charge in [-0.25, -0.2) is 9.48 Å². The van der Waals surface area contributed by atoms with E-state index in [0.29, 0.717) is 31.7 Å². The van der Waals surface area contributed by atoms with E-state index in [0.717, 1.165) is 23.4 Å². The van der Waals surface area contributed by atoms with E-state index in [9.17, 15) is 9.59 Å². The number of hydrogen-bond donors (Lipinski definition) is 0. The lowest BCUT2D eigenvalue weighted by Crippen LogP contribution is -2.37. The SMILES string of the molecule is COC(=O)N1CCCN(C(=O)c2cccc(-n3nccc3-c3ccccc3)c2)CC1. The van der Waals surface area contributed by atoms with Crippen molar-refractivity contribution in [1.82, 2.24) is 19.6 Å². The summed E-state index contributed by atoms with van der Waals surface area (Å²) in [5.41, 5.74) is 3.45. The summed E-state index contributed by atoms with van der Waals surface area (Å²) < 4.78 is 6.64. The van der Waals surface area contributed by atoms with Crippen LogP contribution in [0.4, 0.5) is 4.79 Å². The summed E-state index contributed by atoms with van der Waals surface area (Å²) in [4.78, 5) is 28.4. The molecule has 0 radical (unpaired) electrons. The van der Waals surface area contributed by atoms with Crippen LogP contribution in [0.1, 0.15) is 16.8 Å². The number of carbonyl (C=O) groups excluding carboxylic acids is 2. The van der Waals surface area contributed by atoms with E-state index < -0.39 is 0 Å². The van der Waals surface area contributed by atoms with Crippen molar-refractivity contribution in [2.45, 2.75) is 6.42 Å². The van der Waals surface area contributed by atoms with Crippen LogP contribution in [-0.2, 0) is 4.74 Å². The van der Waals surface area contributed by atoms with Crippen molar-refractivity contribution < 1.29 is 14.3 Å². The van der Waals surface area contributed by atoms with E-state index in [-0.39, 0.29) is 12.0 Å². The molecule has 30 heavy (non-hydrogen) atoms. The minimum absolute atomic E-state index is 0.0445. The van der Waals surface area contributed by atoms with Gasteiger partial charge in [0.2, 0.25) is 0 Å². The van der Waals surface area contributed by atoms with Gasteiger partial charge in [-0.15, -0.1) is 0 Å². The number of nitrogens with zero attached hydrogens (tertiary/aromatic N) is 4. The molecule has 0 unspecified atom stereocenters. The molecule has 7 nitrogen and oxygen atoms in total. The number of amides is 2. The predicted octanol–water partition coefficient (Wildman–Crippen LogP) is 3.45. The molecule has 4 rings (SSSR count). The van der Waals surface area contributed by atoms with Gasteiger partial charge in [-0.3, -0.25) is 4.79 Å². The molecule has 2 heterocycles. The first-order valence-corrected chi connectivity index (χ1v) is 9.99. The normalized spacial score (nSPS) is 14.3. The van der Waals surface area contributed by atoms with Crippen molar-refractivity contribution in [2.24, 2.45) is 0 Å². The van der Waals surface area contributed by atoms with Crippen molar-refractivity contribution in [1.29, 1.82) is 0 Å². The molecule has 0 saturated carbocycles. The van der Waals surface area contributed by atoms with Gasteiger partial charge in [0.15, 0.2) is 0 Å². The summed E-state index contributed by atoms with van der Waals surface area (Å²) >= 11 is 0. The predicted molar refractivity (Wildman–Crippen MR) is 113 cm³/mol. The Balaban J connectivity index is 1.55. The van der Waals surface area contributed by atoms with Crippen LogP contribution in [-0.4, -0.2) is 64.9 Å². The zero-order valence-corrected chi connectivity index (χ0v) is 16.9. The van der Waals surface area contributed by atoms with Gasteiger partial charge in [0, 0.05) is 37.3 Å². The lowest BCUT2D eigenvalue weighted by molar-refractivity contribution is 0.0757. The van der Waals surface area contributed by atoms with Crippen LogP contribution in [0.3, 0.4) is 0 Å². The van der Waals surface area contributed by atoms with Crippen LogP contribution in [0.15, 0.2) is 66.9 Å². The Morgan fingerprint density at radius 1 is 0.900 bits per heavy atom. The number of aromatic nitrogens is 2. The molecule has 0 bridgehead atoms. The third-order valence-electron chi connectivity index (χ3n) is 5.27. The number of benzene rings is 2. The quantitative estimate of drug-likeness (QED) is 0.671. The van der Waals surface area contributed by atoms with E-state index in [2.05, 4.69) is 5.10 Å². The van der Waals surface area contributed by atoms with Gasteiger partial charge >= 0.3 is 6.09 Å². The molecular weight excluding hydrogens is 380 g/mol. The molecule has 1 fully saturated rings. The average molecular weight is 404 g/mol. The summed E-state index contributed by atoms with van der Waals surface area (Å²) in [5.74, 6) is -0.0445. The smallest absolute Gasteiger partial charge is 0.409 e. The summed E-state index contributed by atoms with van der Waals surface area (Å²) in [6.07, 6.45) is 2.13. The largest absolute Gasteiger partial charge is 0.453 e. The maximum atomic E-state index is 13.1. The molecule has 0 N–H and O–H groups in total. The Morgan fingerprint density at radius 2 is 1.67 bits per heavy atom. The van der Waals surface area contributed by atoms with Crippen molar-refractivity contribution in [2.75, 3.05) is 33.3 Å². The molecule has 1 aromatic heterocycles. The molecule has 1 saturated heterocycles. The first-order chi connectivity index (χ1) is 14.7. The van der Waals surface area contributed by atoms with E-state index >= 15 is 0 Å². The highest BCUT2D eigenvalue weighted by Crippen LogP contribution is 2.23. The second kappa shape index (κ2) is 8.82. The molecule has 154 valence electrons. The molecule has 0 atom stereocenters. The van der Waals surface area contributed by atoms with Gasteiger partial charge in [-0.1, -0.05) is 36.4 Å². The lowest BCUT2D eigenvalue weighted by Gasteiger charge is -2.21. The standard InChI is InChI=1S/C23H24N4O3/c1-30-23(29)26-14-6-13-25(15-16-26)22(28)19-9-5-10-20(17-19)27-21(11-12-24-27)18-7-3-2-4-8-18/h2-5,7-12,17H,6,13-16H2,1H3. The van der Waals surface area contributed by atoms with Gasteiger partial charge in [0.05, 0.1) is 24.7 Å². The van der Waals surface area contributed by atoms with Crippen LogP contribution < -0.4 is 0 Å². The van der Waals surface area contributed by atoms with E-state index in [1.165, 1.54) is 7.11 Å². The van der Waals surface area contributed by atoms with Crippen LogP contribution in [0.2, 0.25) is 0 Å². The molecule has 1 aliphatic heterocycles. The summed E-state index contributed by atoms with van der Waals surface area (Å²) in [6.45, 7) is 2.14. The van der Waals surface area contributed by atoms with Crippen LogP contribution in [0.25, 0.3) is 16.9 Å². The van der Waals surface area contributed by atoms with Gasteiger partial charge in [0.1, 0.15) is 0 Å². The zero-order valence-electron chi connectivity index (χ0n) is 16.9. The Morgan fingerprint density at radius 3 is 2.47 bits per heavy atom. The third-order valence-corrected chi connectivity index (χ3v) is 5.27. The Bertz CT molecular complexity index is 1030. The van der Waals surface area contributed by atoms with E-state index in [1.807, 2.05) is 65.3 Å². The van der Waals surface area contributed by atoms with Gasteiger partial charge in [0.25, 0.3) is 5.91 Å². The Kier molecular flexibility index (Phi) is 5.79. The molecule has 7 heteroatoms. The van der Waals surface area contributed by atoms with E-state index in [4.69, 9.17) is 4.74 Å².